The van der Waals surface area contributed by atoms with E-state index in [9.17, 15) is 0 Å². The molecule has 3 nitrogen and oxygen atoms in total. The summed E-state index contributed by atoms with van der Waals surface area (Å²) < 4.78 is 5.39. The van der Waals surface area contributed by atoms with Crippen molar-refractivity contribution in [3.63, 3.8) is 0 Å². The quantitative estimate of drug-likeness (QED) is 0.608. The molecule has 21 heavy (non-hydrogen) atoms. The fourth-order valence-corrected chi connectivity index (χ4v) is 3.22. The molecule has 0 radical (unpaired) electrons. The predicted molar refractivity (Wildman–Crippen MR) is 90.4 cm³/mol. The Kier molecular flexibility index (Phi) is 6.24. The second-order valence-corrected chi connectivity index (χ2v) is 7.50. The van der Waals surface area contributed by atoms with Gasteiger partial charge in [-0.25, -0.2) is 0 Å². The van der Waals surface area contributed by atoms with Crippen molar-refractivity contribution in [2.24, 2.45) is 17.2 Å². The zero-order valence-corrected chi connectivity index (χ0v) is 14.7. The van der Waals surface area contributed by atoms with Crippen LogP contribution in [0, 0.1) is 25.2 Å². The summed E-state index contributed by atoms with van der Waals surface area (Å²) in [7, 11) is 1.71. The van der Waals surface area contributed by atoms with Crippen molar-refractivity contribution in [1.29, 1.82) is 0 Å². The molecule has 120 valence electrons. The Labute approximate surface area is 130 Å². The molecule has 0 aliphatic carbocycles. The average Bonchev–Trinajstić information content (AvgIpc) is 2.36. The van der Waals surface area contributed by atoms with Crippen molar-refractivity contribution in [3.05, 3.63) is 28.8 Å². The molecule has 3 heteroatoms. The Balaban J connectivity index is 2.93. The van der Waals surface area contributed by atoms with Gasteiger partial charge in [-0.2, -0.15) is 0 Å². The molecule has 0 amide bonds. The highest BCUT2D eigenvalue weighted by atomic mass is 16.5. The summed E-state index contributed by atoms with van der Waals surface area (Å²) >= 11 is 0. The molecule has 2 unspecified atom stereocenters. The molecule has 1 rings (SSSR count). The van der Waals surface area contributed by atoms with Crippen LogP contribution in [-0.2, 0) is 0 Å². The molecule has 0 aliphatic rings. The third-order valence-electron chi connectivity index (χ3n) is 3.96. The number of ether oxygens (including phenoxy) is 1. The third kappa shape index (κ3) is 5.33. The van der Waals surface area contributed by atoms with Gasteiger partial charge in [0.2, 0.25) is 0 Å². The van der Waals surface area contributed by atoms with Crippen LogP contribution in [0.1, 0.15) is 63.3 Å². The highest BCUT2D eigenvalue weighted by Gasteiger charge is 2.21. The molecule has 0 saturated carbocycles. The van der Waals surface area contributed by atoms with Gasteiger partial charge in [-0.3, -0.25) is 11.3 Å². The molecule has 1 aromatic carbocycles. The molecule has 1 aromatic rings. The molecule has 0 fully saturated rings. The summed E-state index contributed by atoms with van der Waals surface area (Å²) in [6.45, 7) is 13.4. The second kappa shape index (κ2) is 7.28. The van der Waals surface area contributed by atoms with Gasteiger partial charge in [0.05, 0.1) is 7.11 Å². The first-order valence-corrected chi connectivity index (χ1v) is 7.79. The fourth-order valence-electron chi connectivity index (χ4n) is 3.22. The number of nitrogens with two attached hydrogens (primary N) is 1. The number of methoxy groups -OCH3 is 1. The van der Waals surface area contributed by atoms with Crippen LogP contribution in [0.4, 0.5) is 0 Å². The summed E-state index contributed by atoms with van der Waals surface area (Å²) in [5.41, 5.74) is 7.00. The molecule has 0 bridgehead atoms. The minimum Gasteiger partial charge on any atom is -0.496 e. The molecule has 0 aliphatic heterocycles. The van der Waals surface area contributed by atoms with E-state index in [1.165, 1.54) is 17.5 Å². The van der Waals surface area contributed by atoms with Crippen molar-refractivity contribution in [2.75, 3.05) is 7.11 Å². The van der Waals surface area contributed by atoms with Crippen LogP contribution in [0.15, 0.2) is 12.1 Å². The van der Waals surface area contributed by atoms with Crippen molar-refractivity contribution in [1.82, 2.24) is 5.43 Å². The maximum absolute atomic E-state index is 5.83. The largest absolute Gasteiger partial charge is 0.496 e. The first-order valence-electron chi connectivity index (χ1n) is 7.79. The van der Waals surface area contributed by atoms with Gasteiger partial charge in [-0.1, -0.05) is 33.8 Å². The van der Waals surface area contributed by atoms with E-state index in [2.05, 4.69) is 59.1 Å². The first kappa shape index (κ1) is 18.0. The molecular weight excluding hydrogens is 260 g/mol. The maximum Gasteiger partial charge on any atom is 0.122 e. The van der Waals surface area contributed by atoms with Crippen LogP contribution >= 0.6 is 0 Å². The number of hydrogen-bond acceptors (Lipinski definition) is 3. The number of aryl methyl sites for hydroxylation is 2. The summed E-state index contributed by atoms with van der Waals surface area (Å²) in [6, 6.07) is 4.48. The highest BCUT2D eigenvalue weighted by Crippen LogP contribution is 2.33. The Morgan fingerprint density at radius 3 is 2.29 bits per heavy atom. The first-order chi connectivity index (χ1) is 9.67. The monoisotopic (exact) mass is 292 g/mol. The lowest BCUT2D eigenvalue weighted by molar-refractivity contribution is 0.276. The zero-order chi connectivity index (χ0) is 16.2. The summed E-state index contributed by atoms with van der Waals surface area (Å²) in [4.78, 5) is 0. The van der Waals surface area contributed by atoms with Gasteiger partial charge in [-0.15, -0.1) is 0 Å². The Hall–Kier alpha value is -1.06. The van der Waals surface area contributed by atoms with Crippen molar-refractivity contribution < 1.29 is 4.74 Å². The van der Waals surface area contributed by atoms with Crippen molar-refractivity contribution in [3.8, 4) is 5.75 Å². The zero-order valence-electron chi connectivity index (χ0n) is 14.7. The standard InChI is InChI=1S/C18H32N2O/c1-12(11-18(4,5)6)8-16(20-19)15-9-14(3)17(21-7)10-13(15)2/h9-10,12,16,20H,8,11,19H2,1-7H3. The van der Waals surface area contributed by atoms with E-state index in [0.717, 1.165) is 17.7 Å². The number of nitrogens with one attached hydrogen (secondary N) is 1. The minimum absolute atomic E-state index is 0.187. The van der Waals surface area contributed by atoms with E-state index >= 15 is 0 Å². The second-order valence-electron chi connectivity index (χ2n) is 7.50. The lowest BCUT2D eigenvalue weighted by Gasteiger charge is -2.27. The summed E-state index contributed by atoms with van der Waals surface area (Å²) in [5.74, 6) is 7.38. The van der Waals surface area contributed by atoms with Gasteiger partial charge in [-0.05, 0) is 60.8 Å². The van der Waals surface area contributed by atoms with Gasteiger partial charge in [0.1, 0.15) is 5.75 Å². The molecule has 0 aromatic heterocycles. The van der Waals surface area contributed by atoms with Crippen LogP contribution in [0.3, 0.4) is 0 Å². The van der Waals surface area contributed by atoms with Gasteiger partial charge < -0.3 is 4.74 Å². The van der Waals surface area contributed by atoms with E-state index < -0.39 is 0 Å². The van der Waals surface area contributed by atoms with Crippen LogP contribution in [0.5, 0.6) is 5.75 Å². The molecule has 3 N–H and O–H groups in total. The molecule has 2 atom stereocenters. The normalized spacial score (nSPS) is 14.9. The van der Waals surface area contributed by atoms with Gasteiger partial charge in [0, 0.05) is 6.04 Å². The molecule has 0 saturated heterocycles. The maximum atomic E-state index is 5.83. The van der Waals surface area contributed by atoms with E-state index in [0.29, 0.717) is 11.3 Å². The third-order valence-corrected chi connectivity index (χ3v) is 3.96. The van der Waals surface area contributed by atoms with Crippen molar-refractivity contribution >= 4 is 0 Å². The fraction of sp³-hybridized carbons (Fsp3) is 0.667. The smallest absolute Gasteiger partial charge is 0.122 e. The van der Waals surface area contributed by atoms with Crippen LogP contribution < -0.4 is 16.0 Å². The Morgan fingerprint density at radius 1 is 1.19 bits per heavy atom. The SMILES string of the molecule is COc1cc(C)c(C(CC(C)CC(C)(C)C)NN)cc1C. The van der Waals surface area contributed by atoms with E-state index in [4.69, 9.17) is 10.6 Å². The number of rotatable bonds is 6. The molecule has 0 heterocycles. The van der Waals surface area contributed by atoms with E-state index in [-0.39, 0.29) is 6.04 Å². The Bertz CT molecular complexity index is 463. The number of hydrazine groups is 1. The van der Waals surface area contributed by atoms with E-state index in [1.807, 2.05) is 0 Å². The van der Waals surface area contributed by atoms with Crippen LogP contribution in [0.25, 0.3) is 0 Å². The van der Waals surface area contributed by atoms with Gasteiger partial charge in [0.25, 0.3) is 0 Å². The average molecular weight is 292 g/mol. The lowest BCUT2D eigenvalue weighted by atomic mass is 9.81. The number of benzene rings is 1. The predicted octanol–water partition coefficient (Wildman–Crippen LogP) is 4.28. The summed E-state index contributed by atoms with van der Waals surface area (Å²) in [5, 5.41) is 0. The van der Waals surface area contributed by atoms with Crippen molar-refractivity contribution in [2.45, 2.75) is 60.4 Å². The van der Waals surface area contributed by atoms with Crippen LogP contribution in [0.2, 0.25) is 0 Å². The topological polar surface area (TPSA) is 47.3 Å². The van der Waals surface area contributed by atoms with Crippen LogP contribution in [-0.4, -0.2) is 7.11 Å². The lowest BCUT2D eigenvalue weighted by Crippen LogP contribution is -2.30. The molecule has 0 spiro atoms. The minimum atomic E-state index is 0.187. The molecular formula is C18H32N2O. The van der Waals surface area contributed by atoms with E-state index in [1.54, 1.807) is 7.11 Å². The summed E-state index contributed by atoms with van der Waals surface area (Å²) in [6.07, 6.45) is 2.24. The number of hydrogen-bond donors (Lipinski definition) is 2. The van der Waals surface area contributed by atoms with Gasteiger partial charge >= 0.3 is 0 Å². The highest BCUT2D eigenvalue weighted by molar-refractivity contribution is 5.42. The van der Waals surface area contributed by atoms with Gasteiger partial charge in [0.15, 0.2) is 0 Å². The Morgan fingerprint density at radius 2 is 1.81 bits per heavy atom.